The van der Waals surface area contributed by atoms with E-state index in [0.29, 0.717) is 27.6 Å². The summed E-state index contributed by atoms with van der Waals surface area (Å²) in [4.78, 5) is 41.4. The second kappa shape index (κ2) is 8.11. The molecule has 4 rings (SSSR count). The molecule has 4 aromatic rings. The number of aromatic nitrogens is 2. The Hall–Kier alpha value is -3.46. The lowest BCUT2D eigenvalue weighted by Gasteiger charge is -2.09. The molecule has 0 saturated carbocycles. The van der Waals surface area contributed by atoms with Gasteiger partial charge in [-0.1, -0.05) is 0 Å². The molecule has 0 bridgehead atoms. The lowest BCUT2D eigenvalue weighted by Crippen LogP contribution is -2.16. The molecule has 154 valence electrons. The van der Waals surface area contributed by atoms with E-state index < -0.39 is 11.6 Å². The van der Waals surface area contributed by atoms with Crippen molar-refractivity contribution in [3.05, 3.63) is 73.4 Å². The van der Waals surface area contributed by atoms with Crippen molar-refractivity contribution < 1.29 is 18.7 Å². The number of hydrogen-bond acceptors (Lipinski definition) is 8. The van der Waals surface area contributed by atoms with E-state index in [9.17, 15) is 14.4 Å². The molecule has 0 N–H and O–H groups in total. The van der Waals surface area contributed by atoms with E-state index in [4.69, 9.17) is 13.9 Å². The Kier molecular flexibility index (Phi) is 5.37. The topological polar surface area (TPSA) is 100 Å². The summed E-state index contributed by atoms with van der Waals surface area (Å²) in [6.07, 6.45) is 1.83. The zero-order valence-electron chi connectivity index (χ0n) is 16.3. The van der Waals surface area contributed by atoms with Gasteiger partial charge in [0.2, 0.25) is 0 Å². The fraction of sp³-hybridized carbons (Fsp3) is 0.238. The Balaban J connectivity index is 1.44. The van der Waals surface area contributed by atoms with Crippen molar-refractivity contribution in [1.82, 2.24) is 9.38 Å². The zero-order valence-corrected chi connectivity index (χ0v) is 17.2. The van der Waals surface area contributed by atoms with Crippen LogP contribution < -0.4 is 15.9 Å². The molecule has 0 amide bonds. The molecular formula is C21H18N2O6S. The van der Waals surface area contributed by atoms with Gasteiger partial charge < -0.3 is 13.9 Å². The van der Waals surface area contributed by atoms with Crippen molar-refractivity contribution in [1.29, 1.82) is 0 Å². The Bertz CT molecular complexity index is 1370. The van der Waals surface area contributed by atoms with E-state index in [1.54, 1.807) is 23.7 Å². The molecule has 0 aliphatic heterocycles. The maximum absolute atomic E-state index is 12.4. The molecule has 0 aliphatic rings. The van der Waals surface area contributed by atoms with Crippen molar-refractivity contribution in [2.75, 3.05) is 7.11 Å². The van der Waals surface area contributed by atoms with E-state index in [1.807, 2.05) is 13.0 Å². The Morgan fingerprint density at radius 2 is 2.10 bits per heavy atom. The first-order valence-corrected chi connectivity index (χ1v) is 10.1. The normalized spacial score (nSPS) is 11.1. The number of carbonyl (C=O) groups excluding carboxylic acids is 1. The second-order valence-corrected chi connectivity index (χ2v) is 7.53. The number of esters is 1. The lowest BCUT2D eigenvalue weighted by molar-refractivity contribution is -0.145. The van der Waals surface area contributed by atoms with Crippen LogP contribution in [0, 0.1) is 6.92 Å². The molecule has 8 nitrogen and oxygen atoms in total. The molecule has 0 spiro atoms. The molecule has 3 heterocycles. The van der Waals surface area contributed by atoms with Crippen LogP contribution in [-0.2, 0) is 22.6 Å². The van der Waals surface area contributed by atoms with Crippen LogP contribution in [0.4, 0.5) is 0 Å². The first kappa shape index (κ1) is 19.8. The maximum atomic E-state index is 12.4. The summed E-state index contributed by atoms with van der Waals surface area (Å²) in [6, 6.07) is 6.59. The second-order valence-electron chi connectivity index (χ2n) is 6.66. The summed E-state index contributed by atoms with van der Waals surface area (Å²) < 4.78 is 17.2. The van der Waals surface area contributed by atoms with Gasteiger partial charge in [0.25, 0.3) is 5.56 Å². The predicted molar refractivity (Wildman–Crippen MR) is 111 cm³/mol. The lowest BCUT2D eigenvalue weighted by atomic mass is 10.0. The number of methoxy groups -OCH3 is 1. The predicted octanol–water partition coefficient (Wildman–Crippen LogP) is 2.86. The first-order valence-electron chi connectivity index (χ1n) is 9.18. The SMILES string of the molecule is COc1ccc2c(C)c(CCC(=O)OCc3cc(=O)n4ccsc4n3)c(=O)oc2c1. The van der Waals surface area contributed by atoms with Crippen LogP contribution in [0.3, 0.4) is 0 Å². The number of thiazole rings is 1. The quantitative estimate of drug-likeness (QED) is 0.345. The molecule has 0 aliphatic carbocycles. The third kappa shape index (κ3) is 3.84. The zero-order chi connectivity index (χ0) is 21.3. The number of hydrogen-bond donors (Lipinski definition) is 0. The number of ether oxygens (including phenoxy) is 2. The van der Waals surface area contributed by atoms with Crippen LogP contribution >= 0.6 is 11.3 Å². The van der Waals surface area contributed by atoms with Gasteiger partial charge in [-0.15, -0.1) is 11.3 Å². The highest BCUT2D eigenvalue weighted by Crippen LogP contribution is 2.24. The molecule has 0 atom stereocenters. The van der Waals surface area contributed by atoms with Gasteiger partial charge in [-0.2, -0.15) is 0 Å². The summed E-state index contributed by atoms with van der Waals surface area (Å²) in [5.41, 5.74) is 1.29. The van der Waals surface area contributed by atoms with Gasteiger partial charge in [0.15, 0.2) is 4.96 Å². The minimum absolute atomic E-state index is 0.00743. The molecular weight excluding hydrogens is 408 g/mol. The molecule has 30 heavy (non-hydrogen) atoms. The smallest absolute Gasteiger partial charge is 0.339 e. The average molecular weight is 426 g/mol. The van der Waals surface area contributed by atoms with Crippen LogP contribution in [0.25, 0.3) is 15.9 Å². The minimum atomic E-state index is -0.489. The van der Waals surface area contributed by atoms with Crippen LogP contribution in [-0.4, -0.2) is 22.5 Å². The number of nitrogens with zero attached hydrogens (tertiary/aromatic N) is 2. The van der Waals surface area contributed by atoms with Gasteiger partial charge in [0.1, 0.15) is 17.9 Å². The molecule has 0 unspecified atom stereocenters. The highest BCUT2D eigenvalue weighted by molar-refractivity contribution is 7.15. The van der Waals surface area contributed by atoms with Crippen molar-refractivity contribution in [2.24, 2.45) is 0 Å². The fourth-order valence-corrected chi connectivity index (χ4v) is 3.94. The van der Waals surface area contributed by atoms with Crippen molar-refractivity contribution in [2.45, 2.75) is 26.4 Å². The van der Waals surface area contributed by atoms with E-state index in [1.165, 1.54) is 28.9 Å². The van der Waals surface area contributed by atoms with Crippen molar-refractivity contribution in [3.8, 4) is 5.75 Å². The molecule has 0 saturated heterocycles. The van der Waals surface area contributed by atoms with Gasteiger partial charge >= 0.3 is 11.6 Å². The molecule has 1 aromatic carbocycles. The highest BCUT2D eigenvalue weighted by atomic mass is 32.1. The minimum Gasteiger partial charge on any atom is -0.497 e. The Morgan fingerprint density at radius 1 is 1.27 bits per heavy atom. The summed E-state index contributed by atoms with van der Waals surface area (Å²) >= 11 is 1.32. The van der Waals surface area contributed by atoms with Gasteiger partial charge in [-0.25, -0.2) is 9.78 Å². The number of rotatable bonds is 6. The summed E-state index contributed by atoms with van der Waals surface area (Å²) in [5, 5.41) is 2.54. The van der Waals surface area contributed by atoms with Crippen LogP contribution in [0.2, 0.25) is 0 Å². The summed E-state index contributed by atoms with van der Waals surface area (Å²) in [6.45, 7) is 1.72. The number of aryl methyl sites for hydroxylation is 1. The van der Waals surface area contributed by atoms with Crippen LogP contribution in [0.1, 0.15) is 23.2 Å². The highest BCUT2D eigenvalue weighted by Gasteiger charge is 2.15. The van der Waals surface area contributed by atoms with Gasteiger partial charge in [0.05, 0.1) is 12.8 Å². The Labute approximate surface area is 174 Å². The van der Waals surface area contributed by atoms with Crippen LogP contribution in [0.5, 0.6) is 5.75 Å². The van der Waals surface area contributed by atoms with E-state index in [0.717, 1.165) is 10.9 Å². The Morgan fingerprint density at radius 3 is 2.90 bits per heavy atom. The molecule has 3 aromatic heterocycles. The molecule has 0 radical (unpaired) electrons. The third-order valence-corrected chi connectivity index (χ3v) is 5.57. The van der Waals surface area contributed by atoms with Gasteiger partial charge in [-0.3, -0.25) is 14.0 Å². The first-order chi connectivity index (χ1) is 14.5. The number of fused-ring (bicyclic) bond motifs is 2. The third-order valence-electron chi connectivity index (χ3n) is 4.81. The summed E-state index contributed by atoms with van der Waals surface area (Å²) in [7, 11) is 1.54. The van der Waals surface area contributed by atoms with E-state index in [-0.39, 0.29) is 25.0 Å². The molecule has 0 fully saturated rings. The number of carbonyl (C=O) groups is 1. The van der Waals surface area contributed by atoms with Gasteiger partial charge in [-0.05, 0) is 31.0 Å². The monoisotopic (exact) mass is 426 g/mol. The maximum Gasteiger partial charge on any atom is 0.339 e. The van der Waals surface area contributed by atoms with Crippen LogP contribution in [0.15, 0.2) is 49.8 Å². The van der Waals surface area contributed by atoms with Gasteiger partial charge in [0, 0.05) is 41.1 Å². The standard InChI is InChI=1S/C21H18N2O6S/c1-12-15-4-3-14(27-2)10-17(15)29-20(26)16(12)5-6-19(25)28-11-13-9-18(24)23-7-8-30-21(23)22-13/h3-4,7-10H,5-6,11H2,1-2H3. The van der Waals surface area contributed by atoms with Crippen molar-refractivity contribution >= 4 is 33.2 Å². The van der Waals surface area contributed by atoms with Crippen molar-refractivity contribution in [3.63, 3.8) is 0 Å². The van der Waals surface area contributed by atoms with E-state index >= 15 is 0 Å². The average Bonchev–Trinajstić information content (AvgIpc) is 3.21. The number of benzene rings is 1. The fourth-order valence-electron chi connectivity index (χ4n) is 3.21. The largest absolute Gasteiger partial charge is 0.497 e. The molecule has 9 heteroatoms. The summed E-state index contributed by atoms with van der Waals surface area (Å²) in [5.74, 6) is 0.104. The van der Waals surface area contributed by atoms with E-state index in [2.05, 4.69) is 4.98 Å².